The molecule has 0 spiro atoms. The Balaban J connectivity index is 1.84. The number of ether oxygens (including phenoxy) is 2. The first kappa shape index (κ1) is 25.4. The molecule has 1 fully saturated rings. The number of methoxy groups -OCH3 is 1. The average molecular weight is 503 g/mol. The van der Waals surface area contributed by atoms with Crippen LogP contribution in [0.15, 0.2) is 78.4 Å². The fourth-order valence-corrected chi connectivity index (χ4v) is 4.28. The summed E-state index contributed by atoms with van der Waals surface area (Å²) in [5, 5.41) is 22.5. The molecule has 9 nitrogen and oxygen atoms in total. The van der Waals surface area contributed by atoms with Crippen LogP contribution in [0.1, 0.15) is 36.6 Å². The number of nitro groups is 1. The minimum absolute atomic E-state index is 0.0431. The van der Waals surface area contributed by atoms with E-state index in [9.17, 15) is 24.8 Å². The van der Waals surface area contributed by atoms with Crippen molar-refractivity contribution < 1.29 is 29.1 Å². The average Bonchev–Trinajstić information content (AvgIpc) is 3.13. The standard InChI is InChI=1S/C28H26N2O7/c1-17(2)37-22-12-10-19(11-13-22)25-24(26(31)20-7-5-8-21(15-20)30(34)35)27(32)28(33)29(25)16-18-6-4-9-23(14-18)36-3/h4-15,17,25,31H,16H2,1-3H3/b26-24-. The van der Waals surface area contributed by atoms with E-state index in [2.05, 4.69) is 0 Å². The van der Waals surface area contributed by atoms with Gasteiger partial charge in [0.1, 0.15) is 17.3 Å². The Bertz CT molecular complexity index is 1380. The van der Waals surface area contributed by atoms with Gasteiger partial charge in [-0.25, -0.2) is 0 Å². The number of likely N-dealkylation sites (tertiary alicyclic amines) is 1. The maximum Gasteiger partial charge on any atom is 0.295 e. The number of carbonyl (C=O) groups excluding carboxylic acids is 2. The van der Waals surface area contributed by atoms with E-state index in [4.69, 9.17) is 9.47 Å². The Morgan fingerprint density at radius 3 is 2.38 bits per heavy atom. The van der Waals surface area contributed by atoms with Crippen molar-refractivity contribution in [2.45, 2.75) is 32.5 Å². The van der Waals surface area contributed by atoms with Gasteiger partial charge in [-0.2, -0.15) is 0 Å². The zero-order chi connectivity index (χ0) is 26.7. The van der Waals surface area contributed by atoms with Crippen LogP contribution in [0, 0.1) is 10.1 Å². The molecule has 1 aliphatic rings. The summed E-state index contributed by atoms with van der Waals surface area (Å²) in [6, 6.07) is 18.4. The highest BCUT2D eigenvalue weighted by atomic mass is 16.6. The highest BCUT2D eigenvalue weighted by Crippen LogP contribution is 2.41. The van der Waals surface area contributed by atoms with Gasteiger partial charge in [-0.3, -0.25) is 19.7 Å². The van der Waals surface area contributed by atoms with Crippen molar-refractivity contribution >= 4 is 23.1 Å². The van der Waals surface area contributed by atoms with E-state index in [0.717, 1.165) is 5.56 Å². The second kappa shape index (κ2) is 10.5. The highest BCUT2D eigenvalue weighted by molar-refractivity contribution is 6.46. The Kier molecular flexibility index (Phi) is 7.24. The number of aliphatic hydroxyl groups excluding tert-OH is 1. The van der Waals surface area contributed by atoms with Crippen molar-refractivity contribution in [2.75, 3.05) is 7.11 Å². The number of hydrogen-bond donors (Lipinski definition) is 1. The molecule has 37 heavy (non-hydrogen) atoms. The van der Waals surface area contributed by atoms with E-state index in [0.29, 0.717) is 17.1 Å². The number of Topliss-reactive ketones (excluding diaryl/α,β-unsaturated/α-hetero) is 1. The second-order valence-electron chi connectivity index (χ2n) is 8.82. The summed E-state index contributed by atoms with van der Waals surface area (Å²) in [5.74, 6) is -0.941. The Labute approximate surface area is 213 Å². The first-order chi connectivity index (χ1) is 17.7. The molecular formula is C28H26N2O7. The molecule has 1 aliphatic heterocycles. The number of carbonyl (C=O) groups is 2. The summed E-state index contributed by atoms with van der Waals surface area (Å²) < 4.78 is 11.0. The third-order valence-electron chi connectivity index (χ3n) is 5.93. The van der Waals surface area contributed by atoms with Crippen LogP contribution in [0.2, 0.25) is 0 Å². The van der Waals surface area contributed by atoms with Crippen LogP contribution < -0.4 is 9.47 Å². The first-order valence-electron chi connectivity index (χ1n) is 11.6. The third kappa shape index (κ3) is 5.30. The van der Waals surface area contributed by atoms with E-state index >= 15 is 0 Å². The van der Waals surface area contributed by atoms with Crippen molar-refractivity contribution in [3.05, 3.63) is 105 Å². The van der Waals surface area contributed by atoms with E-state index < -0.39 is 28.4 Å². The fraction of sp³-hybridized carbons (Fsp3) is 0.214. The van der Waals surface area contributed by atoms with E-state index in [1.165, 1.54) is 36.3 Å². The lowest BCUT2D eigenvalue weighted by Crippen LogP contribution is -2.29. The minimum atomic E-state index is -0.932. The summed E-state index contributed by atoms with van der Waals surface area (Å²) in [5.41, 5.74) is 0.970. The van der Waals surface area contributed by atoms with Crippen LogP contribution in [0.25, 0.3) is 5.76 Å². The molecule has 1 atom stereocenters. The summed E-state index contributed by atoms with van der Waals surface area (Å²) in [6.07, 6.45) is -0.0431. The maximum absolute atomic E-state index is 13.3. The van der Waals surface area contributed by atoms with Gasteiger partial charge < -0.3 is 19.5 Å². The van der Waals surface area contributed by atoms with Crippen molar-refractivity contribution in [1.82, 2.24) is 4.90 Å². The molecule has 4 rings (SSSR count). The summed E-state index contributed by atoms with van der Waals surface area (Å²) >= 11 is 0. The highest BCUT2D eigenvalue weighted by Gasteiger charge is 2.46. The lowest BCUT2D eigenvalue weighted by Gasteiger charge is -2.26. The lowest BCUT2D eigenvalue weighted by atomic mass is 9.95. The van der Waals surface area contributed by atoms with Crippen LogP contribution in [0.5, 0.6) is 11.5 Å². The third-order valence-corrected chi connectivity index (χ3v) is 5.93. The summed E-state index contributed by atoms with van der Waals surface area (Å²) in [4.78, 5) is 38.6. The number of aliphatic hydroxyl groups is 1. The number of rotatable bonds is 8. The second-order valence-corrected chi connectivity index (χ2v) is 8.82. The molecule has 3 aromatic carbocycles. The Morgan fingerprint density at radius 1 is 1.03 bits per heavy atom. The van der Waals surface area contributed by atoms with Crippen molar-refractivity contribution in [3.8, 4) is 11.5 Å². The van der Waals surface area contributed by atoms with Crippen LogP contribution >= 0.6 is 0 Å². The SMILES string of the molecule is COc1cccc(CN2C(=O)C(=O)/C(=C(\O)c3cccc([N+](=O)[O-])c3)C2c2ccc(OC(C)C)cc2)c1. The molecule has 1 heterocycles. The van der Waals surface area contributed by atoms with Crippen LogP contribution in [0.4, 0.5) is 5.69 Å². The number of ketones is 1. The number of nitro benzene ring substituents is 1. The monoisotopic (exact) mass is 502 g/mol. The van der Waals surface area contributed by atoms with E-state index in [-0.39, 0.29) is 29.5 Å². The quantitative estimate of drug-likeness (QED) is 0.151. The Morgan fingerprint density at radius 2 is 1.73 bits per heavy atom. The van der Waals surface area contributed by atoms with Crippen molar-refractivity contribution in [2.24, 2.45) is 0 Å². The van der Waals surface area contributed by atoms with Crippen molar-refractivity contribution in [1.29, 1.82) is 0 Å². The topological polar surface area (TPSA) is 119 Å². The fourth-order valence-electron chi connectivity index (χ4n) is 4.28. The number of nitrogens with zero attached hydrogens (tertiary/aromatic N) is 2. The number of hydrogen-bond acceptors (Lipinski definition) is 7. The summed E-state index contributed by atoms with van der Waals surface area (Å²) in [7, 11) is 1.53. The molecule has 0 saturated carbocycles. The van der Waals surface area contributed by atoms with E-state index in [1.807, 2.05) is 13.8 Å². The van der Waals surface area contributed by atoms with Crippen LogP contribution in [-0.2, 0) is 16.1 Å². The molecule has 1 unspecified atom stereocenters. The number of non-ortho nitro benzene ring substituents is 1. The lowest BCUT2D eigenvalue weighted by molar-refractivity contribution is -0.384. The van der Waals surface area contributed by atoms with Gasteiger partial charge in [0.15, 0.2) is 0 Å². The minimum Gasteiger partial charge on any atom is -0.507 e. The first-order valence-corrected chi connectivity index (χ1v) is 11.6. The van der Waals surface area contributed by atoms with Gasteiger partial charge in [0.05, 0.1) is 29.8 Å². The molecule has 1 amide bonds. The van der Waals surface area contributed by atoms with Crippen molar-refractivity contribution in [3.63, 3.8) is 0 Å². The smallest absolute Gasteiger partial charge is 0.295 e. The van der Waals surface area contributed by atoms with Gasteiger partial charge in [0, 0.05) is 24.2 Å². The molecule has 1 saturated heterocycles. The molecule has 0 radical (unpaired) electrons. The maximum atomic E-state index is 13.3. The molecule has 190 valence electrons. The van der Waals surface area contributed by atoms with Crippen LogP contribution in [0.3, 0.4) is 0 Å². The molecule has 0 bridgehead atoms. The van der Waals surface area contributed by atoms with Gasteiger partial charge in [0.2, 0.25) is 0 Å². The van der Waals surface area contributed by atoms with Gasteiger partial charge >= 0.3 is 0 Å². The molecule has 1 N–H and O–H groups in total. The zero-order valence-corrected chi connectivity index (χ0v) is 20.6. The predicted molar refractivity (Wildman–Crippen MR) is 136 cm³/mol. The molecule has 0 aliphatic carbocycles. The molecule has 9 heteroatoms. The van der Waals surface area contributed by atoms with Gasteiger partial charge in [-0.1, -0.05) is 36.4 Å². The zero-order valence-electron chi connectivity index (χ0n) is 20.6. The molecule has 0 aromatic heterocycles. The van der Waals surface area contributed by atoms with E-state index in [1.54, 1.807) is 48.5 Å². The Hall–Kier alpha value is -4.66. The number of amides is 1. The van der Waals surface area contributed by atoms with Gasteiger partial charge in [-0.05, 0) is 49.2 Å². The number of benzene rings is 3. The predicted octanol–water partition coefficient (Wildman–Crippen LogP) is 5.01. The largest absolute Gasteiger partial charge is 0.507 e. The van der Waals surface area contributed by atoms with Gasteiger partial charge in [-0.15, -0.1) is 0 Å². The molecule has 3 aromatic rings. The van der Waals surface area contributed by atoms with Crippen LogP contribution in [-0.4, -0.2) is 39.8 Å². The normalized spacial score (nSPS) is 16.8. The van der Waals surface area contributed by atoms with Gasteiger partial charge in [0.25, 0.3) is 17.4 Å². The molecular weight excluding hydrogens is 476 g/mol. The summed E-state index contributed by atoms with van der Waals surface area (Å²) in [6.45, 7) is 3.87.